The van der Waals surface area contributed by atoms with Gasteiger partial charge >= 0.3 is 6.18 Å². The van der Waals surface area contributed by atoms with E-state index in [9.17, 15) is 21.6 Å². The van der Waals surface area contributed by atoms with Gasteiger partial charge in [0, 0.05) is 18.5 Å². The van der Waals surface area contributed by atoms with Crippen LogP contribution >= 0.6 is 0 Å². The molecule has 3 N–H and O–H groups in total. The summed E-state index contributed by atoms with van der Waals surface area (Å²) in [4.78, 5) is 0. The molecule has 2 atom stereocenters. The Morgan fingerprint density at radius 3 is 2.24 bits per heavy atom. The van der Waals surface area contributed by atoms with Gasteiger partial charge in [-0.25, -0.2) is 13.1 Å². The van der Waals surface area contributed by atoms with Crippen LogP contribution in [-0.4, -0.2) is 32.4 Å². The Hall–Kier alpha value is -0.340. The highest BCUT2D eigenvalue weighted by Crippen LogP contribution is 2.21. The third-order valence-corrected chi connectivity index (χ3v) is 3.57. The summed E-state index contributed by atoms with van der Waals surface area (Å²) in [6.45, 7) is 3.36. The Morgan fingerprint density at radius 2 is 1.82 bits per heavy atom. The molecule has 2 unspecified atom stereocenters. The van der Waals surface area contributed by atoms with Crippen molar-refractivity contribution in [2.24, 2.45) is 5.73 Å². The molecule has 0 aliphatic heterocycles. The standard InChI is InChI=1S/C9H19F3N2O2S/c1-7(13)6-8(2)14-17(15,16)5-3-4-9(10,11)12/h7-8,14H,3-6,13H2,1-2H3. The monoisotopic (exact) mass is 276 g/mol. The molecule has 4 nitrogen and oxygen atoms in total. The maximum Gasteiger partial charge on any atom is 0.389 e. The summed E-state index contributed by atoms with van der Waals surface area (Å²) in [5.74, 6) is -0.518. The molecule has 0 aliphatic rings. The molecular formula is C9H19F3N2O2S. The summed E-state index contributed by atoms with van der Waals surface area (Å²) in [6.07, 6.45) is -5.38. The van der Waals surface area contributed by atoms with Crippen molar-refractivity contribution in [1.82, 2.24) is 4.72 Å². The van der Waals surface area contributed by atoms with Gasteiger partial charge in [0.1, 0.15) is 0 Å². The maximum absolute atomic E-state index is 11.8. The summed E-state index contributed by atoms with van der Waals surface area (Å²) in [5, 5.41) is 0. The van der Waals surface area contributed by atoms with Crippen molar-refractivity contribution in [3.8, 4) is 0 Å². The first kappa shape index (κ1) is 16.7. The quantitative estimate of drug-likeness (QED) is 0.737. The fourth-order valence-electron chi connectivity index (χ4n) is 1.43. The predicted octanol–water partition coefficient (Wildman–Crippen LogP) is 1.37. The zero-order valence-corrected chi connectivity index (χ0v) is 10.7. The second kappa shape index (κ2) is 6.55. The largest absolute Gasteiger partial charge is 0.389 e. The van der Waals surface area contributed by atoms with Crippen LogP contribution < -0.4 is 10.5 Å². The number of hydrogen-bond acceptors (Lipinski definition) is 3. The molecule has 0 radical (unpaired) electrons. The SMILES string of the molecule is CC(N)CC(C)NS(=O)(=O)CCCC(F)(F)F. The molecule has 0 bridgehead atoms. The van der Waals surface area contributed by atoms with Crippen LogP contribution in [0, 0.1) is 0 Å². The zero-order chi connectivity index (χ0) is 13.7. The number of nitrogens with one attached hydrogen (secondary N) is 1. The molecule has 17 heavy (non-hydrogen) atoms. The third-order valence-electron chi connectivity index (χ3n) is 1.98. The lowest BCUT2D eigenvalue weighted by Gasteiger charge is -2.16. The van der Waals surface area contributed by atoms with E-state index in [1.54, 1.807) is 13.8 Å². The predicted molar refractivity (Wildman–Crippen MR) is 59.9 cm³/mol. The van der Waals surface area contributed by atoms with Gasteiger partial charge in [-0.1, -0.05) is 0 Å². The van der Waals surface area contributed by atoms with E-state index in [2.05, 4.69) is 4.72 Å². The summed E-state index contributed by atoms with van der Waals surface area (Å²) in [6, 6.07) is -0.534. The van der Waals surface area contributed by atoms with Gasteiger partial charge in [0.15, 0.2) is 0 Å². The van der Waals surface area contributed by atoms with Crippen LogP contribution in [0.1, 0.15) is 33.1 Å². The minimum atomic E-state index is -4.31. The number of halogens is 3. The van der Waals surface area contributed by atoms with E-state index in [1.165, 1.54) is 0 Å². The molecule has 0 aromatic heterocycles. The lowest BCUT2D eigenvalue weighted by atomic mass is 10.1. The van der Waals surface area contributed by atoms with Crippen LogP contribution in [0.3, 0.4) is 0 Å². The van der Waals surface area contributed by atoms with Crippen molar-refractivity contribution >= 4 is 10.0 Å². The topological polar surface area (TPSA) is 72.2 Å². The molecule has 0 spiro atoms. The van der Waals surface area contributed by atoms with E-state index in [1.807, 2.05) is 0 Å². The van der Waals surface area contributed by atoms with Crippen LogP contribution in [0.5, 0.6) is 0 Å². The normalized spacial score (nSPS) is 16.8. The summed E-state index contributed by atoms with van der Waals surface area (Å²) < 4.78 is 60.6. The zero-order valence-electron chi connectivity index (χ0n) is 9.92. The third kappa shape index (κ3) is 10.5. The van der Waals surface area contributed by atoms with Crippen LogP contribution in [0.15, 0.2) is 0 Å². The molecule has 0 saturated carbocycles. The first-order chi connectivity index (χ1) is 7.52. The molecule has 104 valence electrons. The number of hydrogen-bond donors (Lipinski definition) is 2. The van der Waals surface area contributed by atoms with Gasteiger partial charge in [-0.05, 0) is 26.7 Å². The molecule has 0 aliphatic carbocycles. The Bertz CT molecular complexity index is 315. The minimum Gasteiger partial charge on any atom is -0.328 e. The lowest BCUT2D eigenvalue weighted by molar-refractivity contribution is -0.134. The molecule has 8 heteroatoms. The summed E-state index contributed by atoms with van der Waals surface area (Å²) >= 11 is 0. The fourth-order valence-corrected chi connectivity index (χ4v) is 2.79. The molecule has 0 saturated heterocycles. The highest BCUT2D eigenvalue weighted by atomic mass is 32.2. The molecule has 0 aromatic carbocycles. The van der Waals surface area contributed by atoms with Crippen LogP contribution in [-0.2, 0) is 10.0 Å². The summed E-state index contributed by atoms with van der Waals surface area (Å²) in [5.41, 5.74) is 5.49. The van der Waals surface area contributed by atoms with Gasteiger partial charge in [0.2, 0.25) is 10.0 Å². The number of sulfonamides is 1. The number of nitrogens with two attached hydrogens (primary N) is 1. The lowest BCUT2D eigenvalue weighted by Crippen LogP contribution is -2.37. The van der Waals surface area contributed by atoms with E-state index in [0.717, 1.165) is 0 Å². The average molecular weight is 276 g/mol. The van der Waals surface area contributed by atoms with Gasteiger partial charge in [0.25, 0.3) is 0 Å². The average Bonchev–Trinajstić information content (AvgIpc) is 1.96. The first-order valence-electron chi connectivity index (χ1n) is 5.34. The minimum absolute atomic E-state index is 0.164. The van der Waals surface area contributed by atoms with Gasteiger partial charge in [0.05, 0.1) is 5.75 Å². The van der Waals surface area contributed by atoms with Crippen LogP contribution in [0.4, 0.5) is 13.2 Å². The van der Waals surface area contributed by atoms with E-state index in [0.29, 0.717) is 6.42 Å². The molecule has 0 amide bonds. The van der Waals surface area contributed by atoms with Crippen molar-refractivity contribution < 1.29 is 21.6 Å². The number of rotatable bonds is 7. The molecule has 0 rings (SSSR count). The smallest absolute Gasteiger partial charge is 0.328 e. The Kier molecular flexibility index (Phi) is 6.42. The van der Waals surface area contributed by atoms with Crippen molar-refractivity contribution in [2.75, 3.05) is 5.75 Å². The van der Waals surface area contributed by atoms with Gasteiger partial charge in [-0.15, -0.1) is 0 Å². The molecule has 0 heterocycles. The molecule has 0 aromatic rings. The molecular weight excluding hydrogens is 257 g/mol. The highest BCUT2D eigenvalue weighted by Gasteiger charge is 2.27. The van der Waals surface area contributed by atoms with E-state index in [-0.39, 0.29) is 12.1 Å². The first-order valence-corrected chi connectivity index (χ1v) is 6.99. The van der Waals surface area contributed by atoms with Gasteiger partial charge < -0.3 is 5.73 Å². The van der Waals surface area contributed by atoms with Crippen LogP contribution in [0.25, 0.3) is 0 Å². The van der Waals surface area contributed by atoms with E-state index in [4.69, 9.17) is 5.73 Å². The second-order valence-electron chi connectivity index (χ2n) is 4.27. The summed E-state index contributed by atoms with van der Waals surface area (Å²) in [7, 11) is -3.65. The second-order valence-corrected chi connectivity index (χ2v) is 6.14. The highest BCUT2D eigenvalue weighted by molar-refractivity contribution is 7.89. The van der Waals surface area contributed by atoms with Crippen molar-refractivity contribution in [2.45, 2.75) is 51.4 Å². The van der Waals surface area contributed by atoms with Gasteiger partial charge in [-0.3, -0.25) is 0 Å². The van der Waals surface area contributed by atoms with Crippen LogP contribution in [0.2, 0.25) is 0 Å². The van der Waals surface area contributed by atoms with Crippen molar-refractivity contribution in [1.29, 1.82) is 0 Å². The van der Waals surface area contributed by atoms with Crippen molar-refractivity contribution in [3.63, 3.8) is 0 Å². The van der Waals surface area contributed by atoms with Gasteiger partial charge in [-0.2, -0.15) is 13.2 Å². The fraction of sp³-hybridized carbons (Fsp3) is 1.00. The van der Waals surface area contributed by atoms with E-state index < -0.39 is 34.8 Å². The Balaban J connectivity index is 4.04. The van der Waals surface area contributed by atoms with Crippen molar-refractivity contribution in [3.05, 3.63) is 0 Å². The molecule has 0 fully saturated rings. The maximum atomic E-state index is 11.8. The number of alkyl halides is 3. The Labute approximate surface area is 99.8 Å². The Morgan fingerprint density at radius 1 is 1.29 bits per heavy atom. The van der Waals surface area contributed by atoms with E-state index >= 15 is 0 Å².